The van der Waals surface area contributed by atoms with Crippen LogP contribution >= 0.6 is 11.3 Å². The number of rotatable bonds is 5. The molecule has 6 heteroatoms. The number of hydrogen-bond donors (Lipinski definition) is 2. The maximum atomic E-state index is 13.6. The second kappa shape index (κ2) is 9.11. The molecule has 2 aliphatic rings. The van der Waals surface area contributed by atoms with Crippen LogP contribution in [0, 0.1) is 35.0 Å². The minimum Gasteiger partial charge on any atom is -0.477 e. The number of thiophene rings is 1. The van der Waals surface area contributed by atoms with Crippen LogP contribution in [-0.2, 0) is 4.79 Å². The third kappa shape index (κ3) is 5.25. The number of hydrogen-bond acceptors (Lipinski definition) is 4. The third-order valence-electron chi connectivity index (χ3n) is 6.16. The maximum absolute atomic E-state index is 13.6. The van der Waals surface area contributed by atoms with Gasteiger partial charge in [0.15, 0.2) is 0 Å². The summed E-state index contributed by atoms with van der Waals surface area (Å²) in [5.74, 6) is 6.05. The van der Waals surface area contributed by atoms with Gasteiger partial charge in [-0.2, -0.15) is 0 Å². The molecule has 1 amide bonds. The molecule has 0 aliphatic heterocycles. The molecule has 0 radical (unpaired) electrons. The Morgan fingerprint density at radius 1 is 1.20 bits per heavy atom. The van der Waals surface area contributed by atoms with Crippen LogP contribution < -0.4 is 4.90 Å². The molecule has 0 spiro atoms. The zero-order valence-corrected chi connectivity index (χ0v) is 19.2. The number of aromatic carboxylic acids is 1. The quantitative estimate of drug-likeness (QED) is 0.658. The average molecular weight is 432 g/mol. The summed E-state index contributed by atoms with van der Waals surface area (Å²) >= 11 is 1.14. The summed E-state index contributed by atoms with van der Waals surface area (Å²) in [5.41, 5.74) is 0.292. The Morgan fingerprint density at radius 3 is 2.37 bits per heavy atom. The minimum atomic E-state index is -1.02. The molecule has 3 rings (SSSR count). The van der Waals surface area contributed by atoms with Crippen LogP contribution in [0.1, 0.15) is 80.8 Å². The number of carboxylic acid groups (broad SMARTS) is 1. The van der Waals surface area contributed by atoms with Crippen molar-refractivity contribution in [3.05, 3.63) is 15.8 Å². The van der Waals surface area contributed by atoms with Crippen molar-refractivity contribution < 1.29 is 19.8 Å². The third-order valence-corrected chi connectivity index (χ3v) is 7.19. The van der Waals surface area contributed by atoms with E-state index in [1.54, 1.807) is 11.0 Å². The fourth-order valence-electron chi connectivity index (χ4n) is 4.28. The van der Waals surface area contributed by atoms with E-state index in [1.165, 1.54) is 0 Å². The lowest BCUT2D eigenvalue weighted by Gasteiger charge is -2.44. The van der Waals surface area contributed by atoms with Crippen LogP contribution in [0.25, 0.3) is 0 Å². The monoisotopic (exact) mass is 431 g/mol. The zero-order chi connectivity index (χ0) is 22.1. The SMILES string of the molecule is CC(C)(C)C#Cc1cc(N(C(=O)[C@H]2CC[C@@H](C)CC2)C2CC(CO)C2)c(C(=O)O)s1. The van der Waals surface area contributed by atoms with Gasteiger partial charge in [0.2, 0.25) is 5.91 Å². The van der Waals surface area contributed by atoms with Crippen LogP contribution in [0.5, 0.6) is 0 Å². The first kappa shape index (κ1) is 22.8. The molecule has 2 aliphatic carbocycles. The molecule has 0 atom stereocenters. The summed E-state index contributed by atoms with van der Waals surface area (Å²) in [6, 6.07) is 1.73. The molecule has 164 valence electrons. The summed E-state index contributed by atoms with van der Waals surface area (Å²) in [5, 5.41) is 19.3. The molecule has 30 heavy (non-hydrogen) atoms. The molecule has 2 fully saturated rings. The number of amides is 1. The standard InChI is InChI=1S/C24H33NO4S/c1-15-5-7-17(8-6-15)22(27)25(18-11-16(12-18)14-26)20-13-19(9-10-24(2,3)4)30-21(20)23(28)29/h13,15-18,26H,5-8,11-12,14H2,1-4H3,(H,28,29)/t15-,16?,17+,18?. The van der Waals surface area contributed by atoms with E-state index in [0.29, 0.717) is 29.3 Å². The lowest BCUT2D eigenvalue weighted by molar-refractivity contribution is -0.124. The van der Waals surface area contributed by atoms with Gasteiger partial charge in [-0.1, -0.05) is 18.8 Å². The van der Waals surface area contributed by atoms with Gasteiger partial charge in [-0.15, -0.1) is 11.3 Å². The molecule has 2 N–H and O–H groups in total. The lowest BCUT2D eigenvalue weighted by Crippen LogP contribution is -2.51. The van der Waals surface area contributed by atoms with Crippen molar-refractivity contribution in [3.8, 4) is 11.8 Å². The maximum Gasteiger partial charge on any atom is 0.348 e. The summed E-state index contributed by atoms with van der Waals surface area (Å²) in [7, 11) is 0. The first-order chi connectivity index (χ1) is 14.1. The summed E-state index contributed by atoms with van der Waals surface area (Å²) < 4.78 is 0. The van der Waals surface area contributed by atoms with Crippen molar-refractivity contribution in [2.24, 2.45) is 23.2 Å². The molecule has 0 saturated heterocycles. The predicted molar refractivity (Wildman–Crippen MR) is 120 cm³/mol. The van der Waals surface area contributed by atoms with Gasteiger partial charge in [0, 0.05) is 24.0 Å². The fraction of sp³-hybridized carbons (Fsp3) is 0.667. The number of carbonyl (C=O) groups excluding carboxylic acids is 1. The van der Waals surface area contributed by atoms with Crippen molar-refractivity contribution in [1.82, 2.24) is 0 Å². The molecule has 0 bridgehead atoms. The van der Waals surface area contributed by atoms with E-state index in [1.807, 2.05) is 20.8 Å². The van der Waals surface area contributed by atoms with E-state index >= 15 is 0 Å². The van der Waals surface area contributed by atoms with Crippen LogP contribution in [0.3, 0.4) is 0 Å². The molecule has 1 aromatic rings. The van der Waals surface area contributed by atoms with Crippen LogP contribution in [0.2, 0.25) is 0 Å². The number of carboxylic acids is 1. The van der Waals surface area contributed by atoms with Crippen LogP contribution in [0.15, 0.2) is 6.07 Å². The van der Waals surface area contributed by atoms with E-state index < -0.39 is 5.97 Å². The van der Waals surface area contributed by atoms with Gasteiger partial charge in [-0.3, -0.25) is 4.79 Å². The fourth-order valence-corrected chi connectivity index (χ4v) is 5.13. The zero-order valence-electron chi connectivity index (χ0n) is 18.4. The highest BCUT2D eigenvalue weighted by Crippen LogP contribution is 2.41. The van der Waals surface area contributed by atoms with E-state index in [9.17, 15) is 19.8 Å². The minimum absolute atomic E-state index is 0.0407. The Morgan fingerprint density at radius 2 is 1.83 bits per heavy atom. The number of carbonyl (C=O) groups is 2. The van der Waals surface area contributed by atoms with E-state index in [2.05, 4.69) is 18.8 Å². The molecule has 0 unspecified atom stereocenters. The van der Waals surface area contributed by atoms with Crippen LogP contribution in [0.4, 0.5) is 5.69 Å². The van der Waals surface area contributed by atoms with Gasteiger partial charge in [0.05, 0.1) is 10.6 Å². The van der Waals surface area contributed by atoms with Crippen molar-refractivity contribution in [1.29, 1.82) is 0 Å². The van der Waals surface area contributed by atoms with Gasteiger partial charge in [0.25, 0.3) is 0 Å². The highest BCUT2D eigenvalue weighted by atomic mass is 32.1. The van der Waals surface area contributed by atoms with Gasteiger partial charge in [0.1, 0.15) is 4.88 Å². The number of anilines is 1. The number of nitrogens with zero attached hydrogens (tertiary/aromatic N) is 1. The Kier molecular flexibility index (Phi) is 6.94. The summed E-state index contributed by atoms with van der Waals surface area (Å²) in [6.45, 7) is 8.36. The second-order valence-electron chi connectivity index (χ2n) is 9.97. The molecule has 1 aromatic heterocycles. The van der Waals surface area contributed by atoms with E-state index in [0.717, 1.165) is 37.0 Å². The molecule has 1 heterocycles. The summed E-state index contributed by atoms with van der Waals surface area (Å²) in [4.78, 5) is 28.2. The Bertz CT molecular complexity index is 843. The van der Waals surface area contributed by atoms with Gasteiger partial charge in [-0.25, -0.2) is 4.79 Å². The smallest absolute Gasteiger partial charge is 0.348 e. The molecule has 0 aromatic carbocycles. The van der Waals surface area contributed by atoms with Crippen molar-refractivity contribution in [2.45, 2.75) is 72.3 Å². The Labute approximate surface area is 183 Å². The molecule has 5 nitrogen and oxygen atoms in total. The molecular formula is C24H33NO4S. The van der Waals surface area contributed by atoms with E-state index in [4.69, 9.17) is 0 Å². The van der Waals surface area contributed by atoms with Crippen LogP contribution in [-0.4, -0.2) is 34.7 Å². The normalized spacial score (nSPS) is 26.3. The summed E-state index contributed by atoms with van der Waals surface area (Å²) in [6.07, 6.45) is 5.20. The Balaban J connectivity index is 1.96. The molecule has 2 saturated carbocycles. The van der Waals surface area contributed by atoms with Crippen molar-refractivity contribution in [3.63, 3.8) is 0 Å². The highest BCUT2D eigenvalue weighted by Gasteiger charge is 2.41. The predicted octanol–water partition coefficient (Wildman–Crippen LogP) is 4.77. The lowest BCUT2D eigenvalue weighted by atomic mass is 9.77. The second-order valence-corrected chi connectivity index (χ2v) is 11.0. The van der Waals surface area contributed by atoms with Crippen molar-refractivity contribution >= 4 is 28.9 Å². The van der Waals surface area contributed by atoms with Gasteiger partial charge >= 0.3 is 5.97 Å². The van der Waals surface area contributed by atoms with Crippen molar-refractivity contribution in [2.75, 3.05) is 11.5 Å². The van der Waals surface area contributed by atoms with Gasteiger partial charge < -0.3 is 15.1 Å². The largest absolute Gasteiger partial charge is 0.477 e. The van der Waals surface area contributed by atoms with Gasteiger partial charge in [-0.05, 0) is 77.2 Å². The first-order valence-corrected chi connectivity index (χ1v) is 11.7. The molecular weight excluding hydrogens is 398 g/mol. The number of aliphatic hydroxyl groups is 1. The first-order valence-electron chi connectivity index (χ1n) is 10.9. The highest BCUT2D eigenvalue weighted by molar-refractivity contribution is 7.15. The Hall–Kier alpha value is -1.84. The average Bonchev–Trinajstić information content (AvgIpc) is 3.06. The van der Waals surface area contributed by atoms with E-state index in [-0.39, 0.29) is 40.7 Å². The number of aliphatic hydroxyl groups excluding tert-OH is 1. The topological polar surface area (TPSA) is 77.8 Å².